The van der Waals surface area contributed by atoms with Crippen molar-refractivity contribution < 1.29 is 13.2 Å². The van der Waals surface area contributed by atoms with Crippen LogP contribution in [-0.4, -0.2) is 39.8 Å². The minimum atomic E-state index is -3.40. The maximum absolute atomic E-state index is 12.0. The van der Waals surface area contributed by atoms with Gasteiger partial charge < -0.3 is 10.6 Å². The lowest BCUT2D eigenvalue weighted by atomic mass is 10.1. The zero-order valence-electron chi connectivity index (χ0n) is 13.2. The first kappa shape index (κ1) is 16.6. The summed E-state index contributed by atoms with van der Waals surface area (Å²) in [5, 5.41) is 5.51. The van der Waals surface area contributed by atoms with Crippen LogP contribution in [0.3, 0.4) is 0 Å². The molecule has 122 valence electrons. The number of amides is 2. The predicted octanol–water partition coefficient (Wildman–Crippen LogP) is 1.53. The molecule has 7 heteroatoms. The first-order valence-corrected chi connectivity index (χ1v) is 9.21. The van der Waals surface area contributed by atoms with Crippen molar-refractivity contribution in [1.29, 1.82) is 0 Å². The molecule has 0 atom stereocenters. The van der Waals surface area contributed by atoms with Crippen LogP contribution in [0.15, 0.2) is 18.2 Å². The van der Waals surface area contributed by atoms with Gasteiger partial charge in [-0.15, -0.1) is 0 Å². The van der Waals surface area contributed by atoms with Gasteiger partial charge in [-0.25, -0.2) is 13.2 Å². The van der Waals surface area contributed by atoms with Crippen LogP contribution in [0.1, 0.15) is 24.0 Å². The fraction of sp³-hybridized carbons (Fsp3) is 0.533. The van der Waals surface area contributed by atoms with Gasteiger partial charge in [0.2, 0.25) is 10.0 Å². The van der Waals surface area contributed by atoms with Crippen LogP contribution in [0.4, 0.5) is 10.5 Å². The molecule has 0 bridgehead atoms. The van der Waals surface area contributed by atoms with Crippen molar-refractivity contribution in [3.8, 4) is 0 Å². The monoisotopic (exact) mass is 325 g/mol. The molecule has 0 aromatic heterocycles. The Kier molecular flexibility index (Phi) is 4.95. The highest BCUT2D eigenvalue weighted by Gasteiger charge is 2.23. The van der Waals surface area contributed by atoms with Gasteiger partial charge in [0.1, 0.15) is 0 Å². The van der Waals surface area contributed by atoms with Crippen molar-refractivity contribution in [3.63, 3.8) is 0 Å². The number of hydrogen-bond donors (Lipinski definition) is 2. The summed E-state index contributed by atoms with van der Waals surface area (Å²) in [6.45, 7) is 4.33. The van der Waals surface area contributed by atoms with E-state index in [-0.39, 0.29) is 25.2 Å². The summed E-state index contributed by atoms with van der Waals surface area (Å²) in [4.78, 5) is 11.6. The lowest BCUT2D eigenvalue weighted by Gasteiger charge is -2.23. The van der Waals surface area contributed by atoms with Crippen molar-refractivity contribution >= 4 is 21.7 Å². The Morgan fingerprint density at radius 3 is 2.32 bits per heavy atom. The molecule has 2 rings (SSSR count). The second-order valence-corrected chi connectivity index (χ2v) is 7.76. The van der Waals surface area contributed by atoms with Crippen LogP contribution < -0.4 is 14.9 Å². The Morgan fingerprint density at radius 2 is 1.82 bits per heavy atom. The Labute approximate surface area is 131 Å². The third-order valence-electron chi connectivity index (χ3n) is 3.41. The molecule has 0 heterocycles. The Hall–Kier alpha value is -1.76. The summed E-state index contributed by atoms with van der Waals surface area (Å²) in [6.07, 6.45) is 3.21. The molecule has 1 aromatic carbocycles. The molecule has 2 N–H and O–H groups in total. The molecular weight excluding hydrogens is 302 g/mol. The fourth-order valence-corrected chi connectivity index (χ4v) is 3.23. The fourth-order valence-electron chi connectivity index (χ4n) is 2.32. The van der Waals surface area contributed by atoms with Gasteiger partial charge in [-0.05, 0) is 49.9 Å². The number of nitrogens with one attached hydrogen (secondary N) is 2. The highest BCUT2D eigenvalue weighted by atomic mass is 32.2. The zero-order chi connectivity index (χ0) is 16.3. The van der Waals surface area contributed by atoms with E-state index in [1.807, 2.05) is 32.0 Å². The molecule has 1 aromatic rings. The predicted molar refractivity (Wildman–Crippen MR) is 87.7 cm³/mol. The van der Waals surface area contributed by atoms with Gasteiger partial charge in [0, 0.05) is 12.6 Å². The highest BCUT2D eigenvalue weighted by Crippen LogP contribution is 2.21. The molecular formula is C15H23N3O3S. The number of benzene rings is 1. The van der Waals surface area contributed by atoms with Crippen LogP contribution in [0, 0.1) is 13.8 Å². The van der Waals surface area contributed by atoms with Gasteiger partial charge in [-0.2, -0.15) is 0 Å². The van der Waals surface area contributed by atoms with E-state index < -0.39 is 10.0 Å². The molecule has 1 saturated carbocycles. The van der Waals surface area contributed by atoms with Crippen molar-refractivity contribution in [2.45, 2.75) is 32.7 Å². The van der Waals surface area contributed by atoms with Gasteiger partial charge in [-0.1, -0.05) is 6.07 Å². The Bertz CT molecular complexity index is 634. The number of sulfonamides is 1. The third-order valence-corrected chi connectivity index (χ3v) is 4.60. The lowest BCUT2D eigenvalue weighted by molar-refractivity contribution is 0.241. The number of anilines is 1. The molecule has 0 aliphatic heterocycles. The van der Waals surface area contributed by atoms with E-state index in [9.17, 15) is 13.2 Å². The second-order valence-electron chi connectivity index (χ2n) is 5.86. The van der Waals surface area contributed by atoms with E-state index in [0.717, 1.165) is 24.0 Å². The number of carbonyl (C=O) groups excluding carboxylic acids is 1. The summed E-state index contributed by atoms with van der Waals surface area (Å²) >= 11 is 0. The van der Waals surface area contributed by atoms with Gasteiger partial charge in [0.25, 0.3) is 0 Å². The van der Waals surface area contributed by atoms with Crippen LogP contribution in [0.25, 0.3) is 0 Å². The highest BCUT2D eigenvalue weighted by molar-refractivity contribution is 7.92. The standard InChI is InChI=1S/C15H23N3O3S/c1-11-8-12(2)10-14(9-11)18(22(3,20)21)7-6-16-15(19)17-13-4-5-13/h8-10,13H,4-7H2,1-3H3,(H2,16,17,19). The van der Waals surface area contributed by atoms with Crippen molar-refractivity contribution in [3.05, 3.63) is 29.3 Å². The minimum absolute atomic E-state index is 0.208. The summed E-state index contributed by atoms with van der Waals surface area (Å²) in [6, 6.07) is 5.70. The van der Waals surface area contributed by atoms with Crippen molar-refractivity contribution in [2.75, 3.05) is 23.7 Å². The van der Waals surface area contributed by atoms with Crippen molar-refractivity contribution in [1.82, 2.24) is 10.6 Å². The van der Waals surface area contributed by atoms with E-state index >= 15 is 0 Å². The topological polar surface area (TPSA) is 78.5 Å². The lowest BCUT2D eigenvalue weighted by Crippen LogP contribution is -2.42. The Morgan fingerprint density at radius 1 is 1.23 bits per heavy atom. The number of hydrogen-bond acceptors (Lipinski definition) is 3. The minimum Gasteiger partial charge on any atom is -0.336 e. The average molecular weight is 325 g/mol. The molecule has 2 amide bonds. The summed E-state index contributed by atoms with van der Waals surface area (Å²) in [5.41, 5.74) is 2.63. The zero-order valence-corrected chi connectivity index (χ0v) is 14.0. The molecule has 22 heavy (non-hydrogen) atoms. The van der Waals surface area contributed by atoms with Gasteiger partial charge in [0.15, 0.2) is 0 Å². The molecule has 0 spiro atoms. The largest absolute Gasteiger partial charge is 0.336 e. The average Bonchev–Trinajstić information content (AvgIpc) is 3.15. The van der Waals surface area contributed by atoms with Crippen LogP contribution in [-0.2, 0) is 10.0 Å². The molecule has 0 radical (unpaired) electrons. The van der Waals surface area contributed by atoms with Crippen LogP contribution in [0.5, 0.6) is 0 Å². The second kappa shape index (κ2) is 6.56. The van der Waals surface area contributed by atoms with Gasteiger partial charge in [0.05, 0.1) is 18.5 Å². The number of urea groups is 1. The van der Waals surface area contributed by atoms with Crippen molar-refractivity contribution in [2.24, 2.45) is 0 Å². The SMILES string of the molecule is Cc1cc(C)cc(N(CCNC(=O)NC2CC2)S(C)(=O)=O)c1. The normalized spacial score (nSPS) is 14.5. The van der Waals surface area contributed by atoms with E-state index in [1.54, 1.807) is 0 Å². The number of nitrogens with zero attached hydrogens (tertiary/aromatic N) is 1. The van der Waals surface area contributed by atoms with Crippen LogP contribution in [0.2, 0.25) is 0 Å². The van der Waals surface area contributed by atoms with E-state index in [2.05, 4.69) is 10.6 Å². The molecule has 1 aliphatic rings. The maximum Gasteiger partial charge on any atom is 0.315 e. The number of aryl methyl sites for hydroxylation is 2. The molecule has 1 fully saturated rings. The summed E-state index contributed by atoms with van der Waals surface area (Å²) < 4.78 is 25.4. The molecule has 1 aliphatic carbocycles. The smallest absolute Gasteiger partial charge is 0.315 e. The Balaban J connectivity index is 2.01. The molecule has 6 nitrogen and oxygen atoms in total. The van der Waals surface area contributed by atoms with Gasteiger partial charge in [-0.3, -0.25) is 4.31 Å². The first-order valence-electron chi connectivity index (χ1n) is 7.36. The quantitative estimate of drug-likeness (QED) is 0.832. The number of rotatable bonds is 6. The third kappa shape index (κ3) is 4.91. The van der Waals surface area contributed by atoms with E-state index in [1.165, 1.54) is 10.6 Å². The summed E-state index contributed by atoms with van der Waals surface area (Å²) in [7, 11) is -3.40. The first-order chi connectivity index (χ1) is 10.3. The number of carbonyl (C=O) groups is 1. The maximum atomic E-state index is 12.0. The van der Waals surface area contributed by atoms with E-state index in [4.69, 9.17) is 0 Å². The molecule has 0 unspecified atom stereocenters. The van der Waals surface area contributed by atoms with Gasteiger partial charge >= 0.3 is 6.03 Å². The molecule has 0 saturated heterocycles. The van der Waals surface area contributed by atoms with E-state index in [0.29, 0.717) is 5.69 Å². The summed E-state index contributed by atoms with van der Waals surface area (Å²) in [5.74, 6) is 0. The van der Waals surface area contributed by atoms with Crippen LogP contribution >= 0.6 is 0 Å².